The van der Waals surface area contributed by atoms with Crippen molar-refractivity contribution in [1.29, 1.82) is 0 Å². The summed E-state index contributed by atoms with van der Waals surface area (Å²) in [5, 5.41) is 5.60. The van der Waals surface area contributed by atoms with Crippen molar-refractivity contribution in [3.8, 4) is 0 Å². The number of aryl methyl sites for hydroxylation is 1. The van der Waals surface area contributed by atoms with Crippen LogP contribution in [0.15, 0.2) is 54.6 Å². The van der Waals surface area contributed by atoms with Gasteiger partial charge >= 0.3 is 0 Å². The highest BCUT2D eigenvalue weighted by molar-refractivity contribution is 7.26. The fraction of sp³-hybridized carbons (Fsp3) is 0.217. The minimum atomic E-state index is 0.104. The van der Waals surface area contributed by atoms with Gasteiger partial charge in [0.2, 0.25) is 0 Å². The summed E-state index contributed by atoms with van der Waals surface area (Å²) in [7, 11) is 2.19. The van der Waals surface area contributed by atoms with E-state index in [0.29, 0.717) is 0 Å². The predicted molar refractivity (Wildman–Crippen MR) is 112 cm³/mol. The molecule has 1 nitrogen and oxygen atoms in total. The second kappa shape index (κ2) is 4.86. The van der Waals surface area contributed by atoms with Crippen LogP contribution in [0.25, 0.3) is 42.0 Å². The number of fused-ring (bicyclic) bond motifs is 7. The molecule has 124 valence electrons. The normalized spacial score (nSPS) is 12.8. The summed E-state index contributed by atoms with van der Waals surface area (Å²) in [6.07, 6.45) is 0. The highest BCUT2D eigenvalue weighted by atomic mass is 32.1. The second-order valence-electron chi connectivity index (χ2n) is 7.95. The van der Waals surface area contributed by atoms with Crippen molar-refractivity contribution in [3.05, 3.63) is 60.2 Å². The highest BCUT2D eigenvalue weighted by Crippen LogP contribution is 2.46. The van der Waals surface area contributed by atoms with Gasteiger partial charge in [0, 0.05) is 43.5 Å². The van der Waals surface area contributed by atoms with E-state index in [0.717, 1.165) is 0 Å². The van der Waals surface area contributed by atoms with Crippen molar-refractivity contribution >= 4 is 53.3 Å². The molecular formula is C23H21NS. The maximum atomic E-state index is 2.43. The average molecular weight is 343 g/mol. The molecule has 0 bridgehead atoms. The lowest BCUT2D eigenvalue weighted by molar-refractivity contribution is 0.597. The third kappa shape index (κ3) is 1.95. The van der Waals surface area contributed by atoms with Gasteiger partial charge in [-0.1, -0.05) is 57.2 Å². The summed E-state index contributed by atoms with van der Waals surface area (Å²) in [4.78, 5) is 0. The van der Waals surface area contributed by atoms with Crippen molar-refractivity contribution < 1.29 is 0 Å². The minimum absolute atomic E-state index is 0.104. The molecule has 2 aromatic heterocycles. The Labute approximate surface area is 151 Å². The Morgan fingerprint density at radius 1 is 0.800 bits per heavy atom. The average Bonchev–Trinajstić information content (AvgIpc) is 3.10. The van der Waals surface area contributed by atoms with Gasteiger partial charge in [0.15, 0.2) is 0 Å². The van der Waals surface area contributed by atoms with Crippen molar-refractivity contribution in [3.63, 3.8) is 0 Å². The summed E-state index contributed by atoms with van der Waals surface area (Å²) in [6.45, 7) is 6.97. The summed E-state index contributed by atoms with van der Waals surface area (Å²) < 4.78 is 5.16. The third-order valence-electron chi connectivity index (χ3n) is 5.33. The largest absolute Gasteiger partial charge is 0.344 e. The number of hydrogen-bond donors (Lipinski definition) is 0. The predicted octanol–water partition coefficient (Wildman–Crippen LogP) is 7.00. The molecule has 3 aromatic carbocycles. The molecule has 5 aromatic rings. The Balaban J connectivity index is 2.16. The molecule has 0 fully saturated rings. The zero-order valence-electron chi connectivity index (χ0n) is 15.1. The molecule has 0 aliphatic carbocycles. The molecule has 5 rings (SSSR count). The summed E-state index contributed by atoms with van der Waals surface area (Å²) in [6, 6.07) is 20.0. The van der Waals surface area contributed by atoms with Crippen LogP contribution in [0, 0.1) is 0 Å². The monoisotopic (exact) mass is 343 g/mol. The molecule has 0 saturated carbocycles. The van der Waals surface area contributed by atoms with Gasteiger partial charge in [0.25, 0.3) is 0 Å². The molecule has 0 N–H and O–H groups in total. The van der Waals surface area contributed by atoms with Crippen molar-refractivity contribution in [2.75, 3.05) is 0 Å². The first-order valence-corrected chi connectivity index (χ1v) is 9.60. The fourth-order valence-corrected chi connectivity index (χ4v) is 5.40. The van der Waals surface area contributed by atoms with E-state index in [1.165, 1.54) is 47.5 Å². The van der Waals surface area contributed by atoms with E-state index >= 15 is 0 Å². The lowest BCUT2D eigenvalue weighted by Gasteiger charge is -2.21. The lowest BCUT2D eigenvalue weighted by atomic mass is 9.83. The number of benzene rings is 3. The van der Waals surface area contributed by atoms with Gasteiger partial charge in [0.05, 0.1) is 5.52 Å². The van der Waals surface area contributed by atoms with Crippen LogP contribution in [-0.4, -0.2) is 4.57 Å². The van der Waals surface area contributed by atoms with Crippen molar-refractivity contribution in [2.24, 2.45) is 7.05 Å². The van der Waals surface area contributed by atoms with Crippen LogP contribution in [0.5, 0.6) is 0 Å². The van der Waals surface area contributed by atoms with Gasteiger partial charge in [-0.2, -0.15) is 0 Å². The lowest BCUT2D eigenvalue weighted by Crippen LogP contribution is -2.11. The number of hydrogen-bond acceptors (Lipinski definition) is 1. The first-order valence-electron chi connectivity index (χ1n) is 8.78. The van der Waals surface area contributed by atoms with E-state index in [-0.39, 0.29) is 5.41 Å². The molecule has 0 aliphatic rings. The number of nitrogens with zero attached hydrogens (tertiary/aromatic N) is 1. The van der Waals surface area contributed by atoms with E-state index < -0.39 is 0 Å². The quantitative estimate of drug-likeness (QED) is 0.285. The third-order valence-corrected chi connectivity index (χ3v) is 6.52. The maximum Gasteiger partial charge on any atom is 0.0506 e. The van der Waals surface area contributed by atoms with Crippen molar-refractivity contribution in [2.45, 2.75) is 26.2 Å². The van der Waals surface area contributed by atoms with E-state index in [2.05, 4.69) is 87.0 Å². The van der Waals surface area contributed by atoms with Gasteiger partial charge in [0.1, 0.15) is 0 Å². The van der Waals surface area contributed by atoms with Crippen LogP contribution in [0.3, 0.4) is 0 Å². The highest BCUT2D eigenvalue weighted by Gasteiger charge is 2.24. The summed E-state index contributed by atoms with van der Waals surface area (Å²) in [5.41, 5.74) is 4.19. The molecule has 25 heavy (non-hydrogen) atoms. The Hall–Kier alpha value is -2.32. The number of thiophene rings is 1. The molecule has 0 aliphatic heterocycles. The molecular weight excluding hydrogens is 322 g/mol. The number of para-hydroxylation sites is 1. The Kier molecular flexibility index (Phi) is 2.91. The maximum absolute atomic E-state index is 2.43. The van der Waals surface area contributed by atoms with E-state index in [4.69, 9.17) is 0 Å². The van der Waals surface area contributed by atoms with Gasteiger partial charge in [-0.15, -0.1) is 11.3 Å². The molecule has 0 radical (unpaired) electrons. The molecule has 0 amide bonds. The number of rotatable bonds is 0. The van der Waals surface area contributed by atoms with Crippen LogP contribution >= 0.6 is 11.3 Å². The first-order chi connectivity index (χ1) is 12.0. The topological polar surface area (TPSA) is 4.93 Å². The van der Waals surface area contributed by atoms with Gasteiger partial charge in [-0.3, -0.25) is 0 Å². The van der Waals surface area contributed by atoms with Crippen LogP contribution in [0.4, 0.5) is 0 Å². The minimum Gasteiger partial charge on any atom is -0.344 e. The molecule has 2 heteroatoms. The summed E-state index contributed by atoms with van der Waals surface area (Å²) in [5.74, 6) is 0. The summed E-state index contributed by atoms with van der Waals surface area (Å²) >= 11 is 1.94. The van der Waals surface area contributed by atoms with Crippen LogP contribution in [0.1, 0.15) is 26.3 Å². The first kappa shape index (κ1) is 15.0. The fourth-order valence-electron chi connectivity index (χ4n) is 4.11. The van der Waals surface area contributed by atoms with Crippen LogP contribution < -0.4 is 0 Å². The molecule has 0 saturated heterocycles. The van der Waals surface area contributed by atoms with E-state index in [9.17, 15) is 0 Å². The SMILES string of the molecule is Cn1c2ccccc2c2c3sc4ccccc4c3c(C(C)(C)C)cc21. The zero-order valence-corrected chi connectivity index (χ0v) is 15.9. The van der Waals surface area contributed by atoms with Crippen LogP contribution in [-0.2, 0) is 12.5 Å². The Morgan fingerprint density at radius 2 is 1.48 bits per heavy atom. The van der Waals surface area contributed by atoms with Gasteiger partial charge in [-0.05, 0) is 29.2 Å². The Bertz CT molecular complexity index is 1280. The van der Waals surface area contributed by atoms with E-state index in [1.54, 1.807) is 0 Å². The van der Waals surface area contributed by atoms with Gasteiger partial charge in [-0.25, -0.2) is 0 Å². The molecule has 2 heterocycles. The smallest absolute Gasteiger partial charge is 0.0506 e. The number of aromatic nitrogens is 1. The standard InChI is InChI=1S/C23H21NS/c1-23(2,3)16-13-18-21(14-9-5-7-11-17(14)24(18)4)22-20(16)15-10-6-8-12-19(15)25-22/h5-13H,1-4H3. The van der Waals surface area contributed by atoms with Crippen molar-refractivity contribution in [1.82, 2.24) is 4.57 Å². The molecule has 0 spiro atoms. The van der Waals surface area contributed by atoms with E-state index in [1.807, 2.05) is 11.3 Å². The van der Waals surface area contributed by atoms with Gasteiger partial charge < -0.3 is 4.57 Å². The molecule has 0 atom stereocenters. The Morgan fingerprint density at radius 3 is 2.24 bits per heavy atom. The zero-order chi connectivity index (χ0) is 17.3. The molecule has 0 unspecified atom stereocenters. The second-order valence-corrected chi connectivity index (χ2v) is 9.00. The van der Waals surface area contributed by atoms with Crippen LogP contribution in [0.2, 0.25) is 0 Å².